The highest BCUT2D eigenvalue weighted by molar-refractivity contribution is 7.10. The van der Waals surface area contributed by atoms with E-state index >= 15 is 0 Å². The molecule has 2 aromatic carbocycles. The number of carbonyl (C=O) groups excluding carboxylic acids is 2. The molecule has 1 aromatic heterocycles. The maximum atomic E-state index is 13.0. The van der Waals surface area contributed by atoms with Gasteiger partial charge in [0.15, 0.2) is 0 Å². The first-order chi connectivity index (χ1) is 14.0. The van der Waals surface area contributed by atoms with Crippen LogP contribution in [0.2, 0.25) is 0 Å². The standard InChI is InChI=1S/C24H21NO3S/c1-15-10-11-16(2)18(13-15)22(26)20-21(19-9-6-12-29-19)25(24(28)23(20)27)14-17-7-4-3-5-8-17/h3-13,21,26H,14H2,1-2H3. The highest BCUT2D eigenvalue weighted by atomic mass is 32.1. The monoisotopic (exact) mass is 403 g/mol. The summed E-state index contributed by atoms with van der Waals surface area (Å²) < 4.78 is 0. The quantitative estimate of drug-likeness (QED) is 0.379. The summed E-state index contributed by atoms with van der Waals surface area (Å²) in [4.78, 5) is 28.4. The molecule has 1 unspecified atom stereocenters. The normalized spacial score (nSPS) is 18.4. The van der Waals surface area contributed by atoms with E-state index in [2.05, 4.69) is 0 Å². The number of benzene rings is 2. The number of Topliss-reactive ketones (excluding diaryl/α,β-unsaturated/α-hetero) is 1. The van der Waals surface area contributed by atoms with Crippen molar-refractivity contribution in [2.24, 2.45) is 0 Å². The molecule has 0 aliphatic carbocycles. The number of likely N-dealkylation sites (tertiary alicyclic amines) is 1. The molecule has 29 heavy (non-hydrogen) atoms. The Hall–Kier alpha value is -3.18. The molecule has 1 amide bonds. The molecule has 0 spiro atoms. The van der Waals surface area contributed by atoms with Crippen LogP contribution in [0.3, 0.4) is 0 Å². The second kappa shape index (κ2) is 7.68. The molecular formula is C24H21NO3S. The number of carbonyl (C=O) groups is 2. The van der Waals surface area contributed by atoms with Gasteiger partial charge in [0.05, 0.1) is 11.6 Å². The topological polar surface area (TPSA) is 57.6 Å². The van der Waals surface area contributed by atoms with E-state index in [9.17, 15) is 14.7 Å². The molecule has 3 aromatic rings. The summed E-state index contributed by atoms with van der Waals surface area (Å²) in [5.41, 5.74) is 3.50. The van der Waals surface area contributed by atoms with Crippen molar-refractivity contribution < 1.29 is 14.7 Å². The lowest BCUT2D eigenvalue weighted by molar-refractivity contribution is -0.140. The smallest absolute Gasteiger partial charge is 0.295 e. The molecule has 146 valence electrons. The van der Waals surface area contributed by atoms with Crippen LogP contribution in [0.5, 0.6) is 0 Å². The third-order valence-electron chi connectivity index (χ3n) is 5.20. The number of rotatable bonds is 4. The van der Waals surface area contributed by atoms with Gasteiger partial charge in [-0.05, 0) is 42.5 Å². The Kier molecular flexibility index (Phi) is 5.07. The zero-order valence-electron chi connectivity index (χ0n) is 16.3. The number of hydrogen-bond acceptors (Lipinski definition) is 4. The number of ketones is 1. The summed E-state index contributed by atoms with van der Waals surface area (Å²) in [5, 5.41) is 13.1. The van der Waals surface area contributed by atoms with Crippen molar-refractivity contribution in [3.8, 4) is 0 Å². The lowest BCUT2D eigenvalue weighted by Gasteiger charge is -2.24. The first kappa shape index (κ1) is 19.2. The number of hydrogen-bond donors (Lipinski definition) is 1. The molecule has 0 saturated carbocycles. The van der Waals surface area contributed by atoms with Gasteiger partial charge in [0.25, 0.3) is 11.7 Å². The van der Waals surface area contributed by atoms with Gasteiger partial charge in [-0.3, -0.25) is 9.59 Å². The van der Waals surface area contributed by atoms with E-state index in [1.54, 1.807) is 4.90 Å². The van der Waals surface area contributed by atoms with E-state index in [4.69, 9.17) is 0 Å². The summed E-state index contributed by atoms with van der Waals surface area (Å²) >= 11 is 1.47. The van der Waals surface area contributed by atoms with Crippen molar-refractivity contribution in [2.75, 3.05) is 0 Å². The van der Waals surface area contributed by atoms with E-state index in [-0.39, 0.29) is 11.3 Å². The van der Waals surface area contributed by atoms with Crippen LogP contribution in [0.1, 0.15) is 33.2 Å². The number of nitrogens with zero attached hydrogens (tertiary/aromatic N) is 1. The first-order valence-electron chi connectivity index (χ1n) is 9.40. The van der Waals surface area contributed by atoms with Crippen molar-refractivity contribution in [3.05, 3.63) is 98.7 Å². The SMILES string of the molecule is Cc1ccc(C)c(C(O)=C2C(=O)C(=O)N(Cc3ccccc3)C2c2cccs2)c1. The fourth-order valence-corrected chi connectivity index (χ4v) is 4.55. The second-order valence-corrected chi connectivity index (χ2v) is 8.23. The van der Waals surface area contributed by atoms with Crippen molar-refractivity contribution in [2.45, 2.75) is 26.4 Å². The van der Waals surface area contributed by atoms with Gasteiger partial charge in [-0.15, -0.1) is 11.3 Å². The van der Waals surface area contributed by atoms with Gasteiger partial charge in [-0.2, -0.15) is 0 Å². The lowest BCUT2D eigenvalue weighted by atomic mass is 9.96. The third-order valence-corrected chi connectivity index (χ3v) is 6.12. The van der Waals surface area contributed by atoms with Gasteiger partial charge in [-0.25, -0.2) is 0 Å². The van der Waals surface area contributed by atoms with E-state index < -0.39 is 17.7 Å². The maximum absolute atomic E-state index is 13.0. The van der Waals surface area contributed by atoms with E-state index in [1.807, 2.05) is 79.9 Å². The summed E-state index contributed by atoms with van der Waals surface area (Å²) in [7, 11) is 0. The van der Waals surface area contributed by atoms with Gasteiger partial charge in [0.2, 0.25) is 0 Å². The molecule has 0 bridgehead atoms. The van der Waals surface area contributed by atoms with Crippen LogP contribution in [-0.2, 0) is 16.1 Å². The predicted octanol–water partition coefficient (Wildman–Crippen LogP) is 4.99. The summed E-state index contributed by atoms with van der Waals surface area (Å²) in [6.45, 7) is 4.12. The number of aliphatic hydroxyl groups is 1. The Balaban J connectivity index is 1.87. The summed E-state index contributed by atoms with van der Waals surface area (Å²) in [6, 6.07) is 18.5. The van der Waals surface area contributed by atoms with Crippen LogP contribution in [0, 0.1) is 13.8 Å². The van der Waals surface area contributed by atoms with Crippen LogP contribution in [-0.4, -0.2) is 21.7 Å². The molecule has 2 heterocycles. The summed E-state index contributed by atoms with van der Waals surface area (Å²) in [5.74, 6) is -1.34. The number of aryl methyl sites for hydroxylation is 2. The Morgan fingerprint density at radius 3 is 2.48 bits per heavy atom. The third kappa shape index (κ3) is 3.49. The van der Waals surface area contributed by atoms with Gasteiger partial charge in [0, 0.05) is 17.0 Å². The van der Waals surface area contributed by atoms with E-state index in [0.717, 1.165) is 21.6 Å². The molecule has 0 radical (unpaired) electrons. The fraction of sp³-hybridized carbons (Fsp3) is 0.167. The Bertz CT molecular complexity index is 1100. The molecule has 4 nitrogen and oxygen atoms in total. The van der Waals surface area contributed by atoms with Crippen LogP contribution < -0.4 is 0 Å². The number of thiophene rings is 1. The molecule has 1 saturated heterocycles. The Morgan fingerprint density at radius 2 is 1.79 bits per heavy atom. The summed E-state index contributed by atoms with van der Waals surface area (Å²) in [6.07, 6.45) is 0. The van der Waals surface area contributed by atoms with Gasteiger partial charge in [-0.1, -0.05) is 54.1 Å². The van der Waals surface area contributed by atoms with Crippen LogP contribution in [0.4, 0.5) is 0 Å². The zero-order valence-corrected chi connectivity index (χ0v) is 17.1. The minimum Gasteiger partial charge on any atom is -0.507 e. The number of aliphatic hydroxyl groups excluding tert-OH is 1. The molecule has 1 aliphatic heterocycles. The van der Waals surface area contributed by atoms with Crippen LogP contribution in [0.25, 0.3) is 5.76 Å². The average molecular weight is 404 g/mol. The predicted molar refractivity (Wildman–Crippen MR) is 115 cm³/mol. The van der Waals surface area contributed by atoms with Crippen molar-refractivity contribution in [1.29, 1.82) is 0 Å². The second-order valence-electron chi connectivity index (χ2n) is 7.25. The van der Waals surface area contributed by atoms with Crippen molar-refractivity contribution in [1.82, 2.24) is 4.90 Å². The molecule has 1 atom stereocenters. The van der Waals surface area contributed by atoms with Crippen molar-refractivity contribution in [3.63, 3.8) is 0 Å². The minimum absolute atomic E-state index is 0.112. The molecule has 5 heteroatoms. The highest BCUT2D eigenvalue weighted by Crippen LogP contribution is 2.42. The Labute approximate surface area is 173 Å². The van der Waals surface area contributed by atoms with Crippen molar-refractivity contribution >= 4 is 28.8 Å². The van der Waals surface area contributed by atoms with Gasteiger partial charge >= 0.3 is 0 Å². The van der Waals surface area contributed by atoms with Gasteiger partial charge in [0.1, 0.15) is 5.76 Å². The maximum Gasteiger partial charge on any atom is 0.295 e. The molecule has 1 aliphatic rings. The zero-order chi connectivity index (χ0) is 20.5. The molecular weight excluding hydrogens is 382 g/mol. The minimum atomic E-state index is -0.641. The molecule has 4 rings (SSSR count). The fourth-order valence-electron chi connectivity index (χ4n) is 3.70. The van der Waals surface area contributed by atoms with E-state index in [0.29, 0.717) is 12.1 Å². The lowest BCUT2D eigenvalue weighted by Crippen LogP contribution is -2.28. The average Bonchev–Trinajstić information content (AvgIpc) is 3.33. The molecule has 1 N–H and O–H groups in total. The van der Waals surface area contributed by atoms with Gasteiger partial charge < -0.3 is 10.0 Å². The first-order valence-corrected chi connectivity index (χ1v) is 10.3. The van der Waals surface area contributed by atoms with Crippen LogP contribution in [0.15, 0.2) is 71.6 Å². The highest BCUT2D eigenvalue weighted by Gasteiger charge is 2.46. The van der Waals surface area contributed by atoms with Crippen LogP contribution >= 0.6 is 11.3 Å². The largest absolute Gasteiger partial charge is 0.507 e. The Morgan fingerprint density at radius 1 is 1.03 bits per heavy atom. The molecule has 1 fully saturated rings. The number of amides is 1. The van der Waals surface area contributed by atoms with E-state index in [1.165, 1.54) is 11.3 Å².